The highest BCUT2D eigenvalue weighted by Crippen LogP contribution is 2.17. The summed E-state index contributed by atoms with van der Waals surface area (Å²) < 4.78 is 16.9. The predicted octanol–water partition coefficient (Wildman–Crippen LogP) is 23.4. The Labute approximate surface area is 490 Å². The molecule has 0 spiro atoms. The van der Waals surface area contributed by atoms with Gasteiger partial charge >= 0.3 is 17.9 Å². The van der Waals surface area contributed by atoms with Gasteiger partial charge in [0.05, 0.1) is 0 Å². The highest BCUT2D eigenvalue weighted by Gasteiger charge is 2.19. The molecule has 0 N–H and O–H groups in total. The number of hydrogen-bond acceptors (Lipinski definition) is 6. The maximum absolute atomic E-state index is 12.9. The van der Waals surface area contributed by atoms with Gasteiger partial charge in [-0.05, 0) is 109 Å². The number of rotatable bonds is 62. The van der Waals surface area contributed by atoms with Gasteiger partial charge in [-0.1, -0.05) is 298 Å². The standard InChI is InChI=1S/C73H128O6/c1-4-7-10-13-16-19-22-24-26-28-30-32-33-34-35-36-37-38-39-41-42-44-46-48-51-54-57-60-63-66-72(75)78-69-70(68-77-71(74)65-62-59-56-53-50-21-18-15-12-9-6-3)79-73(76)67-64-61-58-55-52-49-47-45-43-40-31-29-27-25-23-20-17-14-11-8-5-2/h7,10,15-16,18-19,23-26,29-32,70H,4-6,8-9,11-14,17,20-22,27-28,33-69H2,1-3H3/b10-7-,18-15-,19-16-,25-23-,26-24-,31-29-,32-30-. The zero-order valence-electron chi connectivity index (χ0n) is 52.4. The first-order chi connectivity index (χ1) is 39.0. The topological polar surface area (TPSA) is 78.9 Å². The second kappa shape index (κ2) is 67.1. The summed E-state index contributed by atoms with van der Waals surface area (Å²) >= 11 is 0. The predicted molar refractivity (Wildman–Crippen MR) is 344 cm³/mol. The quantitative estimate of drug-likeness (QED) is 0.0261. The molecule has 0 amide bonds. The number of unbranched alkanes of at least 4 members (excludes halogenated alkanes) is 37. The first kappa shape index (κ1) is 75.6. The minimum absolute atomic E-state index is 0.0779. The van der Waals surface area contributed by atoms with E-state index in [-0.39, 0.29) is 31.1 Å². The molecular weight excluding hydrogens is 973 g/mol. The van der Waals surface area contributed by atoms with Gasteiger partial charge in [0.25, 0.3) is 0 Å². The van der Waals surface area contributed by atoms with Crippen LogP contribution in [0.4, 0.5) is 0 Å². The molecule has 79 heavy (non-hydrogen) atoms. The molecule has 0 saturated heterocycles. The van der Waals surface area contributed by atoms with Crippen molar-refractivity contribution >= 4 is 17.9 Å². The second-order valence-electron chi connectivity index (χ2n) is 22.7. The van der Waals surface area contributed by atoms with Crippen molar-refractivity contribution in [2.75, 3.05) is 13.2 Å². The number of hydrogen-bond donors (Lipinski definition) is 0. The van der Waals surface area contributed by atoms with Crippen LogP contribution in [0.3, 0.4) is 0 Å². The fourth-order valence-corrected chi connectivity index (χ4v) is 9.74. The Morgan fingerprint density at radius 3 is 0.823 bits per heavy atom. The third-order valence-electron chi connectivity index (χ3n) is 14.9. The van der Waals surface area contributed by atoms with Crippen LogP contribution in [0.25, 0.3) is 0 Å². The van der Waals surface area contributed by atoms with Crippen molar-refractivity contribution in [3.05, 3.63) is 85.1 Å². The van der Waals surface area contributed by atoms with Crippen LogP contribution in [0.15, 0.2) is 85.1 Å². The van der Waals surface area contributed by atoms with Gasteiger partial charge in [0.1, 0.15) is 13.2 Å². The minimum Gasteiger partial charge on any atom is -0.462 e. The van der Waals surface area contributed by atoms with Crippen LogP contribution in [0.2, 0.25) is 0 Å². The Bertz CT molecular complexity index is 1500. The van der Waals surface area contributed by atoms with Gasteiger partial charge in [-0.15, -0.1) is 0 Å². The Hall–Kier alpha value is -3.41. The average molecular weight is 1100 g/mol. The van der Waals surface area contributed by atoms with Gasteiger partial charge in [0, 0.05) is 19.3 Å². The summed E-state index contributed by atoms with van der Waals surface area (Å²) in [5.74, 6) is -0.877. The second-order valence-corrected chi connectivity index (χ2v) is 22.7. The third-order valence-corrected chi connectivity index (χ3v) is 14.9. The van der Waals surface area contributed by atoms with Crippen LogP contribution in [0.1, 0.15) is 342 Å². The van der Waals surface area contributed by atoms with Crippen molar-refractivity contribution in [3.63, 3.8) is 0 Å². The van der Waals surface area contributed by atoms with Gasteiger partial charge in [-0.3, -0.25) is 14.4 Å². The Morgan fingerprint density at radius 2 is 0.506 bits per heavy atom. The summed E-state index contributed by atoms with van der Waals surface area (Å²) in [7, 11) is 0. The van der Waals surface area contributed by atoms with E-state index in [2.05, 4.69) is 106 Å². The molecule has 0 aliphatic rings. The molecule has 6 nitrogen and oxygen atoms in total. The summed E-state index contributed by atoms with van der Waals surface area (Å²) in [5.41, 5.74) is 0. The van der Waals surface area contributed by atoms with E-state index in [9.17, 15) is 14.4 Å². The zero-order valence-corrected chi connectivity index (χ0v) is 52.4. The number of ether oxygens (including phenoxy) is 3. The number of carbonyl (C=O) groups excluding carboxylic acids is 3. The molecule has 0 aliphatic carbocycles. The molecule has 456 valence electrons. The molecule has 0 rings (SSSR count). The van der Waals surface area contributed by atoms with Crippen molar-refractivity contribution < 1.29 is 28.6 Å². The van der Waals surface area contributed by atoms with Crippen LogP contribution in [-0.4, -0.2) is 37.2 Å². The fraction of sp³-hybridized carbons (Fsp3) is 0.767. The molecule has 6 heteroatoms. The Morgan fingerprint density at radius 1 is 0.266 bits per heavy atom. The molecule has 0 aliphatic heterocycles. The molecule has 1 unspecified atom stereocenters. The van der Waals surface area contributed by atoms with Crippen LogP contribution in [0, 0.1) is 0 Å². The van der Waals surface area contributed by atoms with Crippen molar-refractivity contribution in [3.8, 4) is 0 Å². The monoisotopic (exact) mass is 1100 g/mol. The molecule has 0 heterocycles. The summed E-state index contributed by atoms with van der Waals surface area (Å²) in [6.45, 7) is 6.51. The van der Waals surface area contributed by atoms with Gasteiger partial charge in [0.2, 0.25) is 0 Å². The van der Waals surface area contributed by atoms with Crippen LogP contribution in [0.5, 0.6) is 0 Å². The Balaban J connectivity index is 4.20. The highest BCUT2D eigenvalue weighted by molar-refractivity contribution is 5.71. The number of esters is 3. The van der Waals surface area contributed by atoms with E-state index < -0.39 is 6.10 Å². The summed E-state index contributed by atoms with van der Waals surface area (Å²) in [6.07, 6.45) is 88.9. The van der Waals surface area contributed by atoms with Crippen molar-refractivity contribution in [2.24, 2.45) is 0 Å². The SMILES string of the molecule is CC/C=C\C/C=C\C/C=C\C/C=C\CCCCCCCCCCCCCCCCCCC(=O)OCC(COC(=O)CCCCCCC/C=C\CCCC)OC(=O)CCCCCCCCCCC/C=C\C/C=C\CCCCCCC. The van der Waals surface area contributed by atoms with E-state index in [1.165, 1.54) is 205 Å². The maximum atomic E-state index is 12.9. The van der Waals surface area contributed by atoms with E-state index in [0.717, 1.165) is 96.3 Å². The van der Waals surface area contributed by atoms with Crippen molar-refractivity contribution in [1.29, 1.82) is 0 Å². The Kier molecular flexibility index (Phi) is 64.2. The molecule has 0 aromatic rings. The first-order valence-electron chi connectivity index (χ1n) is 34.1. The van der Waals surface area contributed by atoms with E-state index in [1.807, 2.05) is 0 Å². The van der Waals surface area contributed by atoms with Crippen molar-refractivity contribution in [1.82, 2.24) is 0 Å². The summed E-state index contributed by atoms with van der Waals surface area (Å²) in [5, 5.41) is 0. The lowest BCUT2D eigenvalue weighted by Gasteiger charge is -2.18. The van der Waals surface area contributed by atoms with Gasteiger partial charge in [0.15, 0.2) is 6.10 Å². The van der Waals surface area contributed by atoms with E-state index in [4.69, 9.17) is 14.2 Å². The van der Waals surface area contributed by atoms with Gasteiger partial charge in [-0.2, -0.15) is 0 Å². The summed E-state index contributed by atoms with van der Waals surface area (Å²) in [4.78, 5) is 38.3. The lowest BCUT2D eigenvalue weighted by Crippen LogP contribution is -2.30. The normalized spacial score (nSPS) is 12.6. The number of allylic oxidation sites excluding steroid dienone is 14. The van der Waals surface area contributed by atoms with Crippen LogP contribution in [-0.2, 0) is 28.6 Å². The van der Waals surface area contributed by atoms with Crippen LogP contribution >= 0.6 is 0 Å². The zero-order chi connectivity index (χ0) is 57.1. The molecule has 0 aromatic carbocycles. The number of carbonyl (C=O) groups is 3. The maximum Gasteiger partial charge on any atom is 0.306 e. The lowest BCUT2D eigenvalue weighted by molar-refractivity contribution is -0.167. The molecule has 1 atom stereocenters. The third kappa shape index (κ3) is 65.3. The minimum atomic E-state index is -0.782. The highest BCUT2D eigenvalue weighted by atomic mass is 16.6. The molecule has 0 aromatic heterocycles. The largest absolute Gasteiger partial charge is 0.462 e. The van der Waals surface area contributed by atoms with E-state index >= 15 is 0 Å². The van der Waals surface area contributed by atoms with Crippen LogP contribution < -0.4 is 0 Å². The molecule has 0 bridgehead atoms. The van der Waals surface area contributed by atoms with Gasteiger partial charge < -0.3 is 14.2 Å². The van der Waals surface area contributed by atoms with Crippen molar-refractivity contribution in [2.45, 2.75) is 348 Å². The van der Waals surface area contributed by atoms with E-state index in [0.29, 0.717) is 19.3 Å². The molecule has 0 radical (unpaired) electrons. The average Bonchev–Trinajstić information content (AvgIpc) is 3.45. The summed E-state index contributed by atoms with van der Waals surface area (Å²) in [6, 6.07) is 0. The molecule has 0 fully saturated rings. The van der Waals surface area contributed by atoms with E-state index in [1.54, 1.807) is 0 Å². The molecular formula is C73H128O6. The first-order valence-corrected chi connectivity index (χ1v) is 34.1. The lowest BCUT2D eigenvalue weighted by atomic mass is 10.0. The van der Waals surface area contributed by atoms with Gasteiger partial charge in [-0.25, -0.2) is 0 Å². The molecule has 0 saturated carbocycles. The fourth-order valence-electron chi connectivity index (χ4n) is 9.74. The smallest absolute Gasteiger partial charge is 0.306 e.